The van der Waals surface area contributed by atoms with E-state index in [0.717, 1.165) is 18.5 Å². The van der Waals surface area contributed by atoms with Crippen molar-refractivity contribution in [3.63, 3.8) is 0 Å². The summed E-state index contributed by atoms with van der Waals surface area (Å²) >= 11 is 4.75. The van der Waals surface area contributed by atoms with E-state index in [1.54, 1.807) is 6.92 Å². The van der Waals surface area contributed by atoms with Gasteiger partial charge in [0.15, 0.2) is 5.43 Å². The van der Waals surface area contributed by atoms with E-state index < -0.39 is 0 Å². The Labute approximate surface area is 111 Å². The summed E-state index contributed by atoms with van der Waals surface area (Å²) in [6, 6.07) is 1.40. The van der Waals surface area contributed by atoms with Gasteiger partial charge in [-0.2, -0.15) is 0 Å². The molecule has 0 aliphatic heterocycles. The van der Waals surface area contributed by atoms with E-state index in [0.29, 0.717) is 18.0 Å². The molecule has 4 N–H and O–H groups in total. The highest BCUT2D eigenvalue weighted by molar-refractivity contribution is 7.80. The SMILES string of the molecule is Cc1cc(=O)c(C(=O)NCCCCC(N)=S)c[nH]1. The first-order valence-corrected chi connectivity index (χ1v) is 6.17. The van der Waals surface area contributed by atoms with Crippen molar-refractivity contribution in [1.29, 1.82) is 0 Å². The minimum absolute atomic E-state index is 0.134. The fraction of sp³-hybridized carbons (Fsp3) is 0.417. The number of pyridine rings is 1. The molecule has 0 aliphatic rings. The van der Waals surface area contributed by atoms with E-state index >= 15 is 0 Å². The maximum absolute atomic E-state index is 11.7. The number of carbonyl (C=O) groups excluding carboxylic acids is 1. The molecule has 0 spiro atoms. The number of carbonyl (C=O) groups is 1. The summed E-state index contributed by atoms with van der Waals surface area (Å²) in [6.07, 6.45) is 3.73. The summed E-state index contributed by atoms with van der Waals surface area (Å²) in [5.41, 5.74) is 5.95. The van der Waals surface area contributed by atoms with Gasteiger partial charge in [0, 0.05) is 24.5 Å². The molecule has 0 atom stereocenters. The smallest absolute Gasteiger partial charge is 0.256 e. The standard InChI is InChI=1S/C12H17N3O2S/c1-8-6-10(16)9(7-15-8)12(17)14-5-3-2-4-11(13)18/h6-7H,2-5H2,1H3,(H2,13,18)(H,14,17)(H,15,16). The van der Waals surface area contributed by atoms with Gasteiger partial charge in [0.05, 0.1) is 4.99 Å². The van der Waals surface area contributed by atoms with Crippen molar-refractivity contribution >= 4 is 23.1 Å². The highest BCUT2D eigenvalue weighted by Crippen LogP contribution is 1.96. The van der Waals surface area contributed by atoms with Gasteiger partial charge < -0.3 is 16.0 Å². The summed E-state index contributed by atoms with van der Waals surface area (Å²) in [5, 5.41) is 2.69. The predicted octanol–water partition coefficient (Wildman–Crippen LogP) is 0.870. The Kier molecular flexibility index (Phi) is 5.51. The van der Waals surface area contributed by atoms with Crippen molar-refractivity contribution in [2.45, 2.75) is 26.2 Å². The zero-order valence-electron chi connectivity index (χ0n) is 10.3. The number of nitrogens with one attached hydrogen (secondary N) is 2. The molecule has 0 saturated heterocycles. The van der Waals surface area contributed by atoms with Crippen molar-refractivity contribution in [2.75, 3.05) is 6.54 Å². The zero-order chi connectivity index (χ0) is 13.5. The second-order valence-electron chi connectivity index (χ2n) is 4.07. The van der Waals surface area contributed by atoms with Gasteiger partial charge in [0.2, 0.25) is 0 Å². The van der Waals surface area contributed by atoms with Gasteiger partial charge in [-0.05, 0) is 26.2 Å². The zero-order valence-corrected chi connectivity index (χ0v) is 11.1. The molecule has 18 heavy (non-hydrogen) atoms. The topological polar surface area (TPSA) is 88.0 Å². The Hall–Kier alpha value is -1.69. The van der Waals surface area contributed by atoms with E-state index in [1.807, 2.05) is 0 Å². The van der Waals surface area contributed by atoms with Crippen LogP contribution in [0.5, 0.6) is 0 Å². The number of amides is 1. The number of nitrogens with two attached hydrogens (primary N) is 1. The molecule has 0 fully saturated rings. The molecule has 1 heterocycles. The van der Waals surface area contributed by atoms with Gasteiger partial charge in [-0.1, -0.05) is 12.2 Å². The minimum atomic E-state index is -0.355. The van der Waals surface area contributed by atoms with Crippen LogP contribution >= 0.6 is 12.2 Å². The van der Waals surface area contributed by atoms with Crippen LogP contribution in [0.4, 0.5) is 0 Å². The molecule has 1 aromatic heterocycles. The molecule has 0 radical (unpaired) electrons. The number of rotatable bonds is 6. The third-order valence-corrected chi connectivity index (χ3v) is 2.64. The predicted molar refractivity (Wildman–Crippen MR) is 74.8 cm³/mol. The summed E-state index contributed by atoms with van der Waals surface area (Å²) in [7, 11) is 0. The lowest BCUT2D eigenvalue weighted by Gasteiger charge is -2.04. The van der Waals surface area contributed by atoms with Crippen molar-refractivity contribution in [1.82, 2.24) is 10.3 Å². The lowest BCUT2D eigenvalue weighted by Crippen LogP contribution is -2.29. The van der Waals surface area contributed by atoms with E-state index in [-0.39, 0.29) is 16.9 Å². The second kappa shape index (κ2) is 6.90. The highest BCUT2D eigenvalue weighted by Gasteiger charge is 2.09. The van der Waals surface area contributed by atoms with E-state index in [9.17, 15) is 9.59 Å². The van der Waals surface area contributed by atoms with Gasteiger partial charge in [0.25, 0.3) is 5.91 Å². The van der Waals surface area contributed by atoms with Crippen LogP contribution in [0.25, 0.3) is 0 Å². The number of aryl methyl sites for hydroxylation is 1. The molecule has 1 rings (SSSR count). The fourth-order valence-corrected chi connectivity index (χ4v) is 1.62. The van der Waals surface area contributed by atoms with Crippen molar-refractivity contribution in [2.24, 2.45) is 5.73 Å². The number of aromatic amines is 1. The van der Waals surface area contributed by atoms with Gasteiger partial charge >= 0.3 is 0 Å². The molecule has 1 aromatic rings. The lowest BCUT2D eigenvalue weighted by atomic mass is 10.2. The molecule has 0 bridgehead atoms. The van der Waals surface area contributed by atoms with Crippen molar-refractivity contribution in [3.05, 3.63) is 33.7 Å². The average Bonchev–Trinajstić information content (AvgIpc) is 2.27. The number of hydrogen-bond donors (Lipinski definition) is 3. The first kappa shape index (κ1) is 14.4. The Morgan fingerprint density at radius 1 is 1.50 bits per heavy atom. The van der Waals surface area contributed by atoms with Crippen LogP contribution in [0, 0.1) is 6.92 Å². The number of aromatic nitrogens is 1. The summed E-state index contributed by atoms with van der Waals surface area (Å²) in [4.78, 5) is 26.6. The Morgan fingerprint density at radius 2 is 2.22 bits per heavy atom. The Balaban J connectivity index is 2.41. The number of H-pyrrole nitrogens is 1. The Bertz CT molecular complexity index is 496. The molecule has 0 aliphatic carbocycles. The lowest BCUT2D eigenvalue weighted by molar-refractivity contribution is 0.0951. The number of unbranched alkanes of at least 4 members (excludes halogenated alkanes) is 1. The van der Waals surface area contributed by atoms with Gasteiger partial charge in [-0.15, -0.1) is 0 Å². The number of thiocarbonyl (C=S) groups is 1. The molecule has 0 unspecified atom stereocenters. The normalized spacial score (nSPS) is 10.1. The molecule has 0 aromatic carbocycles. The molecule has 1 amide bonds. The molecular weight excluding hydrogens is 250 g/mol. The molecule has 5 nitrogen and oxygen atoms in total. The quantitative estimate of drug-likeness (QED) is 0.527. The Morgan fingerprint density at radius 3 is 2.83 bits per heavy atom. The number of hydrogen-bond acceptors (Lipinski definition) is 3. The van der Waals surface area contributed by atoms with Gasteiger partial charge in [0.1, 0.15) is 5.56 Å². The first-order valence-electron chi connectivity index (χ1n) is 5.76. The average molecular weight is 267 g/mol. The van der Waals surface area contributed by atoms with Crippen molar-refractivity contribution < 1.29 is 4.79 Å². The summed E-state index contributed by atoms with van der Waals surface area (Å²) < 4.78 is 0. The van der Waals surface area contributed by atoms with Gasteiger partial charge in [-0.3, -0.25) is 9.59 Å². The van der Waals surface area contributed by atoms with Crippen LogP contribution < -0.4 is 16.5 Å². The molecule has 98 valence electrons. The third kappa shape index (κ3) is 4.67. The first-order chi connectivity index (χ1) is 8.50. The highest BCUT2D eigenvalue weighted by atomic mass is 32.1. The third-order valence-electron chi connectivity index (χ3n) is 2.44. The van der Waals surface area contributed by atoms with Crippen LogP contribution in [-0.4, -0.2) is 22.4 Å². The fourth-order valence-electron chi connectivity index (χ4n) is 1.47. The molecule has 0 saturated carbocycles. The van der Waals surface area contributed by atoms with Crippen LogP contribution in [0.1, 0.15) is 35.3 Å². The largest absolute Gasteiger partial charge is 0.393 e. The van der Waals surface area contributed by atoms with Crippen LogP contribution in [0.15, 0.2) is 17.1 Å². The van der Waals surface area contributed by atoms with Crippen molar-refractivity contribution in [3.8, 4) is 0 Å². The van der Waals surface area contributed by atoms with Crippen LogP contribution in [-0.2, 0) is 0 Å². The van der Waals surface area contributed by atoms with E-state index in [1.165, 1.54) is 12.3 Å². The van der Waals surface area contributed by atoms with Crippen LogP contribution in [0.3, 0.4) is 0 Å². The minimum Gasteiger partial charge on any atom is -0.393 e. The summed E-state index contributed by atoms with van der Waals surface area (Å²) in [5.74, 6) is -0.355. The monoisotopic (exact) mass is 267 g/mol. The molecule has 6 heteroatoms. The maximum Gasteiger partial charge on any atom is 0.256 e. The maximum atomic E-state index is 11.7. The van der Waals surface area contributed by atoms with E-state index in [4.69, 9.17) is 18.0 Å². The van der Waals surface area contributed by atoms with Gasteiger partial charge in [-0.25, -0.2) is 0 Å². The van der Waals surface area contributed by atoms with Crippen LogP contribution in [0.2, 0.25) is 0 Å². The second-order valence-corrected chi connectivity index (χ2v) is 4.60. The van der Waals surface area contributed by atoms with E-state index in [2.05, 4.69) is 10.3 Å². The molecular formula is C12H17N3O2S. The summed E-state index contributed by atoms with van der Waals surface area (Å²) in [6.45, 7) is 2.27.